The van der Waals surface area contributed by atoms with Crippen molar-refractivity contribution in [2.75, 3.05) is 6.54 Å². The second-order valence-corrected chi connectivity index (χ2v) is 6.12. The minimum absolute atomic E-state index is 0.0843. The lowest BCUT2D eigenvalue weighted by Gasteiger charge is -2.20. The van der Waals surface area contributed by atoms with E-state index in [-0.39, 0.29) is 16.9 Å². The minimum atomic E-state index is -0.317. The van der Waals surface area contributed by atoms with Crippen LogP contribution in [0, 0.1) is 9.39 Å². The third kappa shape index (κ3) is 3.71. The highest BCUT2D eigenvalue weighted by Gasteiger charge is 2.16. The van der Waals surface area contributed by atoms with Gasteiger partial charge in [-0.2, -0.15) is 0 Å². The summed E-state index contributed by atoms with van der Waals surface area (Å²) in [6, 6.07) is 13.4. The number of halogens is 3. The Labute approximate surface area is 137 Å². The van der Waals surface area contributed by atoms with Gasteiger partial charge < -0.3 is 5.32 Å². The first-order valence-corrected chi connectivity index (χ1v) is 7.99. The van der Waals surface area contributed by atoms with Gasteiger partial charge in [0.05, 0.1) is 5.02 Å². The largest absolute Gasteiger partial charge is 0.310 e. The lowest BCUT2D eigenvalue weighted by molar-refractivity contribution is 0.526. The maximum Gasteiger partial charge on any atom is 0.145 e. The summed E-state index contributed by atoms with van der Waals surface area (Å²) >= 11 is 8.17. The van der Waals surface area contributed by atoms with Crippen LogP contribution in [0.25, 0.3) is 0 Å². The zero-order valence-electron chi connectivity index (χ0n) is 11.2. The van der Waals surface area contributed by atoms with Gasteiger partial charge in [0.2, 0.25) is 0 Å². The van der Waals surface area contributed by atoms with Crippen LogP contribution in [0.3, 0.4) is 0 Å². The van der Waals surface area contributed by atoms with Crippen LogP contribution in [0.5, 0.6) is 0 Å². The Morgan fingerprint density at radius 1 is 1.20 bits per heavy atom. The van der Waals surface area contributed by atoms with Crippen LogP contribution in [0.15, 0.2) is 42.5 Å². The zero-order valence-corrected chi connectivity index (χ0v) is 14.1. The topological polar surface area (TPSA) is 12.0 Å². The second-order valence-electron chi connectivity index (χ2n) is 4.55. The van der Waals surface area contributed by atoms with Crippen molar-refractivity contribution in [1.82, 2.24) is 5.32 Å². The number of nitrogens with one attached hydrogen (secondary N) is 1. The smallest absolute Gasteiger partial charge is 0.145 e. The van der Waals surface area contributed by atoms with Crippen LogP contribution in [0.4, 0.5) is 4.39 Å². The van der Waals surface area contributed by atoms with Crippen molar-refractivity contribution in [3.8, 4) is 0 Å². The molecule has 1 N–H and O–H groups in total. The fourth-order valence-corrected chi connectivity index (χ4v) is 3.18. The molecule has 1 unspecified atom stereocenters. The molecule has 0 bridgehead atoms. The maximum absolute atomic E-state index is 14.1. The fraction of sp³-hybridized carbons (Fsp3) is 0.250. The van der Waals surface area contributed by atoms with Gasteiger partial charge in [0.25, 0.3) is 0 Å². The van der Waals surface area contributed by atoms with Crippen LogP contribution < -0.4 is 5.32 Å². The van der Waals surface area contributed by atoms with Crippen molar-refractivity contribution in [2.45, 2.75) is 19.4 Å². The van der Waals surface area contributed by atoms with Gasteiger partial charge in [-0.05, 0) is 58.8 Å². The Bertz CT molecular complexity index is 588. The van der Waals surface area contributed by atoms with E-state index in [0.717, 1.165) is 6.54 Å². The Morgan fingerprint density at radius 3 is 2.65 bits per heavy atom. The van der Waals surface area contributed by atoms with E-state index in [1.165, 1.54) is 9.13 Å². The number of benzene rings is 2. The van der Waals surface area contributed by atoms with E-state index in [4.69, 9.17) is 11.6 Å². The van der Waals surface area contributed by atoms with Crippen molar-refractivity contribution in [3.63, 3.8) is 0 Å². The average molecular weight is 404 g/mol. The molecule has 0 fully saturated rings. The molecule has 1 atom stereocenters. The van der Waals surface area contributed by atoms with E-state index in [2.05, 4.69) is 47.0 Å². The average Bonchev–Trinajstić information content (AvgIpc) is 2.44. The summed E-state index contributed by atoms with van der Waals surface area (Å²) in [6.45, 7) is 2.88. The molecule has 0 saturated heterocycles. The lowest BCUT2D eigenvalue weighted by Crippen LogP contribution is -2.24. The van der Waals surface area contributed by atoms with Gasteiger partial charge in [-0.25, -0.2) is 4.39 Å². The van der Waals surface area contributed by atoms with E-state index in [1.54, 1.807) is 18.2 Å². The molecule has 2 aromatic rings. The number of hydrogen-bond donors (Lipinski definition) is 1. The summed E-state index contributed by atoms with van der Waals surface area (Å²) in [5.41, 5.74) is 1.83. The molecule has 0 heterocycles. The molecule has 0 saturated carbocycles. The van der Waals surface area contributed by atoms with E-state index < -0.39 is 0 Å². The summed E-state index contributed by atoms with van der Waals surface area (Å²) in [6.07, 6.45) is 0.584. The summed E-state index contributed by atoms with van der Waals surface area (Å²) in [5.74, 6) is -0.317. The molecule has 0 radical (unpaired) electrons. The van der Waals surface area contributed by atoms with E-state index in [1.807, 2.05) is 12.1 Å². The Kier molecular flexibility index (Phi) is 5.81. The van der Waals surface area contributed by atoms with Crippen molar-refractivity contribution in [2.24, 2.45) is 0 Å². The fourth-order valence-electron chi connectivity index (χ4n) is 2.22. The second kappa shape index (κ2) is 7.38. The molecule has 106 valence electrons. The monoisotopic (exact) mass is 403 g/mol. The minimum Gasteiger partial charge on any atom is -0.310 e. The SMILES string of the molecule is CCNC(Cc1cccc(Cl)c1F)c1ccccc1I. The van der Waals surface area contributed by atoms with Crippen LogP contribution in [0.2, 0.25) is 5.02 Å². The van der Waals surface area contributed by atoms with Gasteiger partial charge in [-0.1, -0.05) is 48.9 Å². The first kappa shape index (κ1) is 15.7. The van der Waals surface area contributed by atoms with Crippen LogP contribution in [-0.4, -0.2) is 6.54 Å². The normalized spacial score (nSPS) is 12.4. The van der Waals surface area contributed by atoms with Gasteiger partial charge in [0.1, 0.15) is 5.82 Å². The summed E-state index contributed by atoms with van der Waals surface area (Å²) < 4.78 is 15.2. The van der Waals surface area contributed by atoms with Crippen molar-refractivity contribution < 1.29 is 4.39 Å². The highest BCUT2D eigenvalue weighted by Crippen LogP contribution is 2.26. The van der Waals surface area contributed by atoms with E-state index in [9.17, 15) is 4.39 Å². The molecule has 4 heteroatoms. The van der Waals surface area contributed by atoms with Crippen molar-refractivity contribution in [3.05, 3.63) is 68.0 Å². The molecule has 1 nitrogen and oxygen atoms in total. The molecule has 20 heavy (non-hydrogen) atoms. The number of rotatable bonds is 5. The summed E-state index contributed by atoms with van der Waals surface area (Å²) in [7, 11) is 0. The molecule has 2 rings (SSSR count). The Hall–Kier alpha value is -0.650. The molecule has 0 aliphatic carbocycles. The highest BCUT2D eigenvalue weighted by molar-refractivity contribution is 14.1. The molecule has 0 amide bonds. The zero-order chi connectivity index (χ0) is 14.5. The standard InChI is InChI=1S/C16H16ClFIN/c1-2-20-15(12-7-3-4-9-14(12)19)10-11-6-5-8-13(17)16(11)18/h3-9,15,20H,2,10H2,1H3. The van der Waals surface area contributed by atoms with Crippen molar-refractivity contribution >= 4 is 34.2 Å². The quantitative estimate of drug-likeness (QED) is 0.695. The third-order valence-corrected chi connectivity index (χ3v) is 4.46. The first-order valence-electron chi connectivity index (χ1n) is 6.54. The Balaban J connectivity index is 2.31. The van der Waals surface area contributed by atoms with Gasteiger partial charge in [0.15, 0.2) is 0 Å². The van der Waals surface area contributed by atoms with Crippen LogP contribution in [0.1, 0.15) is 24.1 Å². The van der Waals surface area contributed by atoms with E-state index >= 15 is 0 Å². The summed E-state index contributed by atoms with van der Waals surface area (Å²) in [4.78, 5) is 0. The molecule has 0 spiro atoms. The predicted octanol–water partition coefficient (Wildman–Crippen LogP) is 4.98. The lowest BCUT2D eigenvalue weighted by atomic mass is 9.98. The van der Waals surface area contributed by atoms with Gasteiger partial charge in [-0.15, -0.1) is 0 Å². The first-order chi connectivity index (χ1) is 9.63. The van der Waals surface area contributed by atoms with Crippen LogP contribution in [-0.2, 0) is 6.42 Å². The van der Waals surface area contributed by atoms with Crippen molar-refractivity contribution in [1.29, 1.82) is 0 Å². The number of likely N-dealkylation sites (N-methyl/N-ethyl adjacent to an activating group) is 1. The van der Waals surface area contributed by atoms with Gasteiger partial charge in [-0.3, -0.25) is 0 Å². The summed E-state index contributed by atoms with van der Waals surface area (Å²) in [5, 5.41) is 3.60. The molecule has 0 aliphatic heterocycles. The highest BCUT2D eigenvalue weighted by atomic mass is 127. The molecule has 2 aromatic carbocycles. The molecule has 0 aliphatic rings. The molecular weight excluding hydrogens is 388 g/mol. The van der Waals surface area contributed by atoms with Gasteiger partial charge in [0, 0.05) is 9.61 Å². The predicted molar refractivity (Wildman–Crippen MR) is 90.7 cm³/mol. The Morgan fingerprint density at radius 2 is 1.95 bits per heavy atom. The van der Waals surface area contributed by atoms with Crippen LogP contribution >= 0.6 is 34.2 Å². The number of hydrogen-bond acceptors (Lipinski definition) is 1. The third-order valence-electron chi connectivity index (χ3n) is 3.19. The van der Waals surface area contributed by atoms with E-state index in [0.29, 0.717) is 12.0 Å². The molecule has 0 aromatic heterocycles. The molecular formula is C16H16ClFIN. The maximum atomic E-state index is 14.1. The van der Waals surface area contributed by atoms with Gasteiger partial charge >= 0.3 is 0 Å².